The Morgan fingerprint density at radius 2 is 1.69 bits per heavy atom. The summed E-state index contributed by atoms with van der Waals surface area (Å²) in [6, 6.07) is 24.5. The van der Waals surface area contributed by atoms with E-state index in [1.54, 1.807) is 11.3 Å². The first-order valence-corrected chi connectivity index (χ1v) is 10.2. The van der Waals surface area contributed by atoms with Crippen LogP contribution < -0.4 is 10.8 Å². The monoisotopic (exact) mass is 397 g/mol. The number of thiazole rings is 1. The van der Waals surface area contributed by atoms with Gasteiger partial charge < -0.3 is 4.42 Å². The summed E-state index contributed by atoms with van der Waals surface area (Å²) in [5, 5.41) is 7.22. The molecule has 29 heavy (non-hydrogen) atoms. The molecule has 0 aliphatic heterocycles. The van der Waals surface area contributed by atoms with E-state index in [-0.39, 0.29) is 0 Å². The second-order valence-corrected chi connectivity index (χ2v) is 8.10. The number of rotatable bonds is 3. The van der Waals surface area contributed by atoms with Gasteiger partial charge in [-0.2, -0.15) is 5.10 Å². The fourth-order valence-corrected chi connectivity index (χ4v) is 4.06. The predicted octanol–water partition coefficient (Wildman–Crippen LogP) is 6.25. The summed E-state index contributed by atoms with van der Waals surface area (Å²) in [4.78, 5) is 4.60. The van der Waals surface area contributed by atoms with Crippen LogP contribution in [0.25, 0.3) is 32.5 Å². The third-order valence-corrected chi connectivity index (χ3v) is 5.74. The van der Waals surface area contributed by atoms with Crippen molar-refractivity contribution in [3.05, 3.63) is 89.3 Å². The van der Waals surface area contributed by atoms with E-state index in [9.17, 15) is 0 Å². The van der Waals surface area contributed by atoms with Crippen molar-refractivity contribution in [3.8, 4) is 11.3 Å². The molecule has 5 heteroatoms. The van der Waals surface area contributed by atoms with Gasteiger partial charge in [0.25, 0.3) is 0 Å². The van der Waals surface area contributed by atoms with E-state index in [1.807, 2.05) is 36.4 Å². The highest BCUT2D eigenvalue weighted by Gasteiger charge is 2.07. The fourth-order valence-electron chi connectivity index (χ4n) is 3.26. The fraction of sp³-hybridized carbons (Fsp3) is 0.0833. The molecule has 1 N–H and O–H groups in total. The molecule has 0 amide bonds. The summed E-state index contributed by atoms with van der Waals surface area (Å²) < 4.78 is 7.34. The van der Waals surface area contributed by atoms with Crippen molar-refractivity contribution in [2.24, 2.45) is 5.10 Å². The van der Waals surface area contributed by atoms with Gasteiger partial charge in [0, 0.05) is 17.0 Å². The number of hydrogen-bond donors (Lipinski definition) is 1. The van der Waals surface area contributed by atoms with E-state index >= 15 is 0 Å². The lowest BCUT2D eigenvalue weighted by atomic mass is 10.1. The number of para-hydroxylation sites is 1. The molecule has 0 aliphatic rings. The van der Waals surface area contributed by atoms with Gasteiger partial charge >= 0.3 is 0 Å². The van der Waals surface area contributed by atoms with Gasteiger partial charge in [-0.25, -0.2) is 4.98 Å². The van der Waals surface area contributed by atoms with Crippen molar-refractivity contribution in [3.63, 3.8) is 0 Å². The number of aryl methyl sites for hydroxylation is 2. The predicted molar refractivity (Wildman–Crippen MR) is 120 cm³/mol. The van der Waals surface area contributed by atoms with Gasteiger partial charge in [-0.3, -0.25) is 5.43 Å². The number of hydrogen-bond acceptors (Lipinski definition) is 5. The van der Waals surface area contributed by atoms with Crippen LogP contribution in [0.3, 0.4) is 0 Å². The molecule has 0 bridgehead atoms. The molecule has 0 saturated carbocycles. The summed E-state index contributed by atoms with van der Waals surface area (Å²) in [6.45, 7) is 4.14. The van der Waals surface area contributed by atoms with Crippen molar-refractivity contribution < 1.29 is 4.42 Å². The zero-order chi connectivity index (χ0) is 19.8. The Bertz CT molecular complexity index is 1360. The average Bonchev–Trinajstić information content (AvgIpc) is 3.15. The van der Waals surface area contributed by atoms with Crippen LogP contribution in [0.4, 0.5) is 5.13 Å². The van der Waals surface area contributed by atoms with Crippen LogP contribution >= 0.6 is 11.3 Å². The van der Waals surface area contributed by atoms with Crippen LogP contribution in [0.2, 0.25) is 0 Å². The number of benzene rings is 3. The van der Waals surface area contributed by atoms with Gasteiger partial charge in [-0.15, -0.1) is 0 Å². The molecule has 0 aliphatic carbocycles. The minimum absolute atomic E-state index is 0.768. The number of aromatic nitrogens is 1. The van der Waals surface area contributed by atoms with Gasteiger partial charge in [-0.1, -0.05) is 59.4 Å². The zero-order valence-electron chi connectivity index (χ0n) is 16.1. The third kappa shape index (κ3) is 3.52. The van der Waals surface area contributed by atoms with E-state index in [0.29, 0.717) is 0 Å². The second kappa shape index (κ2) is 7.18. The molecular formula is C24H19N3OS. The molecule has 0 spiro atoms. The molecule has 0 atom stereocenters. The van der Waals surface area contributed by atoms with Crippen LogP contribution in [0.15, 0.2) is 82.3 Å². The summed E-state index contributed by atoms with van der Waals surface area (Å²) in [5.74, 6) is 0.785. The second-order valence-electron chi connectivity index (χ2n) is 7.07. The SMILES string of the molecule is Cc1ccc(-c2c/c(=N\Nc3nc4ccccc4s3)c3ccc(C)cc3o2)cc1. The highest BCUT2D eigenvalue weighted by atomic mass is 32.1. The van der Waals surface area contributed by atoms with Crippen LogP contribution in [0.1, 0.15) is 11.1 Å². The lowest BCUT2D eigenvalue weighted by molar-refractivity contribution is 0.618. The van der Waals surface area contributed by atoms with Gasteiger partial charge in [0.05, 0.1) is 15.6 Å². The smallest absolute Gasteiger partial charge is 0.204 e. The Labute approximate surface area is 172 Å². The molecule has 142 valence electrons. The first-order valence-electron chi connectivity index (χ1n) is 9.43. The summed E-state index contributed by atoms with van der Waals surface area (Å²) in [6.07, 6.45) is 0. The largest absolute Gasteiger partial charge is 0.456 e. The van der Waals surface area contributed by atoms with Crippen molar-refractivity contribution in [2.45, 2.75) is 13.8 Å². The van der Waals surface area contributed by atoms with E-state index in [2.05, 4.69) is 65.8 Å². The lowest BCUT2D eigenvalue weighted by Crippen LogP contribution is -2.07. The standard InChI is InChI=1S/C24H19N3OS/c1-15-7-10-17(11-8-15)21-14-20(18-12-9-16(2)13-22(18)28-21)26-27-24-25-19-5-3-4-6-23(19)29-24/h3-14H,1-2H3,(H,25,27)/b26-20+. The highest BCUT2D eigenvalue weighted by Crippen LogP contribution is 2.26. The summed E-state index contributed by atoms with van der Waals surface area (Å²) in [7, 11) is 0. The minimum Gasteiger partial charge on any atom is -0.456 e. The maximum atomic E-state index is 6.21. The maximum Gasteiger partial charge on any atom is 0.204 e. The molecule has 2 heterocycles. The first-order chi connectivity index (χ1) is 14.2. The quantitative estimate of drug-likeness (QED) is 0.366. The highest BCUT2D eigenvalue weighted by molar-refractivity contribution is 7.22. The molecule has 5 rings (SSSR count). The molecule has 0 fully saturated rings. The Kier molecular flexibility index (Phi) is 4.37. The lowest BCUT2D eigenvalue weighted by Gasteiger charge is -2.06. The van der Waals surface area contributed by atoms with Crippen LogP contribution in [0.5, 0.6) is 0 Å². The summed E-state index contributed by atoms with van der Waals surface area (Å²) >= 11 is 1.59. The van der Waals surface area contributed by atoms with Gasteiger partial charge in [0.1, 0.15) is 11.3 Å². The zero-order valence-corrected chi connectivity index (χ0v) is 17.0. The van der Waals surface area contributed by atoms with Crippen molar-refractivity contribution in [1.29, 1.82) is 0 Å². The molecule has 4 nitrogen and oxygen atoms in total. The van der Waals surface area contributed by atoms with Gasteiger partial charge in [0.15, 0.2) is 0 Å². The number of anilines is 1. The number of nitrogens with one attached hydrogen (secondary N) is 1. The van der Waals surface area contributed by atoms with E-state index in [4.69, 9.17) is 4.42 Å². The molecule has 0 unspecified atom stereocenters. The Balaban J connectivity index is 1.64. The molecule has 5 aromatic rings. The van der Waals surface area contributed by atoms with Gasteiger partial charge in [0.2, 0.25) is 5.13 Å². The number of fused-ring (bicyclic) bond motifs is 2. The van der Waals surface area contributed by atoms with Crippen molar-refractivity contribution >= 4 is 37.7 Å². The van der Waals surface area contributed by atoms with Gasteiger partial charge in [-0.05, 0) is 43.7 Å². The molecule has 0 radical (unpaired) electrons. The average molecular weight is 398 g/mol. The Hall–Kier alpha value is -3.44. The van der Waals surface area contributed by atoms with Crippen LogP contribution in [-0.4, -0.2) is 4.98 Å². The maximum absolute atomic E-state index is 6.21. The van der Waals surface area contributed by atoms with E-state index in [1.165, 1.54) is 5.56 Å². The molecule has 0 saturated heterocycles. The van der Waals surface area contributed by atoms with Crippen molar-refractivity contribution in [2.75, 3.05) is 5.43 Å². The van der Waals surface area contributed by atoms with E-state index < -0.39 is 0 Å². The first kappa shape index (κ1) is 17.6. The van der Waals surface area contributed by atoms with Crippen LogP contribution in [-0.2, 0) is 0 Å². The minimum atomic E-state index is 0.768. The summed E-state index contributed by atoms with van der Waals surface area (Å²) in [5.41, 5.74) is 8.30. The Morgan fingerprint density at radius 1 is 0.897 bits per heavy atom. The Morgan fingerprint density at radius 3 is 2.52 bits per heavy atom. The van der Waals surface area contributed by atoms with Crippen molar-refractivity contribution in [1.82, 2.24) is 4.98 Å². The topological polar surface area (TPSA) is 50.4 Å². The van der Waals surface area contributed by atoms with E-state index in [0.717, 1.165) is 48.6 Å². The normalized spacial score (nSPS) is 12.0. The molecular weight excluding hydrogens is 378 g/mol. The third-order valence-electron chi connectivity index (χ3n) is 4.80. The number of nitrogens with zero attached hydrogens (tertiary/aromatic N) is 2. The molecule has 2 aromatic heterocycles. The van der Waals surface area contributed by atoms with Crippen LogP contribution in [0, 0.1) is 13.8 Å². The molecule has 3 aromatic carbocycles.